The molecule has 2 aromatic rings. The largest absolute Gasteiger partial charge is 0.492 e. The lowest BCUT2D eigenvalue weighted by Gasteiger charge is -2.26. The molecule has 3 rings (SSSR count). The molecule has 4 heteroatoms. The van der Waals surface area contributed by atoms with Crippen molar-refractivity contribution in [1.29, 1.82) is 0 Å². The molecule has 1 aliphatic heterocycles. The van der Waals surface area contributed by atoms with E-state index in [1.807, 2.05) is 12.1 Å². The molecule has 108 valence electrons. The third-order valence-electron chi connectivity index (χ3n) is 3.52. The van der Waals surface area contributed by atoms with Crippen LogP contribution >= 0.6 is 12.4 Å². The Morgan fingerprint density at radius 1 is 1.00 bits per heavy atom. The normalized spacial score (nSPS) is 15.8. The lowest BCUT2D eigenvalue weighted by molar-refractivity contribution is 0.0323. The third-order valence-corrected chi connectivity index (χ3v) is 3.52. The molecule has 1 saturated heterocycles. The van der Waals surface area contributed by atoms with Crippen LogP contribution in [0.15, 0.2) is 42.5 Å². The molecule has 0 saturated carbocycles. The van der Waals surface area contributed by atoms with Crippen LogP contribution in [0.1, 0.15) is 0 Å². The third kappa shape index (κ3) is 3.63. The van der Waals surface area contributed by atoms with Gasteiger partial charge < -0.3 is 9.47 Å². The average Bonchev–Trinajstić information content (AvgIpc) is 2.49. The van der Waals surface area contributed by atoms with Crippen molar-refractivity contribution in [1.82, 2.24) is 4.90 Å². The molecule has 20 heavy (non-hydrogen) atoms. The Morgan fingerprint density at radius 2 is 1.75 bits per heavy atom. The maximum absolute atomic E-state index is 5.94. The second kappa shape index (κ2) is 7.48. The van der Waals surface area contributed by atoms with Crippen LogP contribution in [-0.4, -0.2) is 44.4 Å². The smallest absolute Gasteiger partial charge is 0.127 e. The van der Waals surface area contributed by atoms with Gasteiger partial charge in [-0.05, 0) is 11.5 Å². The molecule has 1 aliphatic rings. The Bertz CT molecular complexity index is 535. The van der Waals surface area contributed by atoms with Gasteiger partial charge in [-0.3, -0.25) is 4.90 Å². The molecule has 3 nitrogen and oxygen atoms in total. The highest BCUT2D eigenvalue weighted by atomic mass is 35.5. The first kappa shape index (κ1) is 15.1. The Balaban J connectivity index is 0.00000147. The molecule has 0 aromatic heterocycles. The first-order chi connectivity index (χ1) is 9.43. The van der Waals surface area contributed by atoms with Gasteiger partial charge in [-0.15, -0.1) is 12.4 Å². The number of hydrogen-bond acceptors (Lipinski definition) is 3. The summed E-state index contributed by atoms with van der Waals surface area (Å²) in [5, 5.41) is 2.42. The zero-order valence-corrected chi connectivity index (χ0v) is 12.3. The molecule has 0 spiro atoms. The SMILES string of the molecule is Cl.c1ccc2c(OCCN3CCOCC3)cccc2c1. The minimum absolute atomic E-state index is 0. The van der Waals surface area contributed by atoms with Crippen molar-refractivity contribution in [2.45, 2.75) is 0 Å². The predicted molar refractivity (Wildman–Crippen MR) is 84.0 cm³/mol. The van der Waals surface area contributed by atoms with Crippen LogP contribution in [0.5, 0.6) is 5.75 Å². The molecular weight excluding hydrogens is 274 g/mol. The van der Waals surface area contributed by atoms with Crippen molar-refractivity contribution in [3.8, 4) is 5.75 Å². The number of ether oxygens (including phenoxy) is 2. The summed E-state index contributed by atoms with van der Waals surface area (Å²) in [5.74, 6) is 0.978. The van der Waals surface area contributed by atoms with Crippen LogP contribution in [0.2, 0.25) is 0 Å². The number of benzene rings is 2. The van der Waals surface area contributed by atoms with Gasteiger partial charge in [-0.1, -0.05) is 36.4 Å². The van der Waals surface area contributed by atoms with E-state index in [2.05, 4.69) is 35.2 Å². The number of rotatable bonds is 4. The molecule has 0 N–H and O–H groups in total. The van der Waals surface area contributed by atoms with Gasteiger partial charge in [-0.25, -0.2) is 0 Å². The molecule has 2 aromatic carbocycles. The van der Waals surface area contributed by atoms with Crippen LogP contribution in [-0.2, 0) is 4.74 Å². The summed E-state index contributed by atoms with van der Waals surface area (Å²) in [6.45, 7) is 5.40. The summed E-state index contributed by atoms with van der Waals surface area (Å²) >= 11 is 0. The van der Waals surface area contributed by atoms with Gasteiger partial charge in [0.25, 0.3) is 0 Å². The number of halogens is 1. The molecule has 0 bridgehead atoms. The minimum atomic E-state index is 0. The van der Waals surface area contributed by atoms with E-state index in [1.54, 1.807) is 0 Å². The number of fused-ring (bicyclic) bond motifs is 1. The van der Waals surface area contributed by atoms with Crippen LogP contribution in [0.3, 0.4) is 0 Å². The molecule has 0 atom stereocenters. The fraction of sp³-hybridized carbons (Fsp3) is 0.375. The Labute approximate surface area is 125 Å². The predicted octanol–water partition coefficient (Wildman–Crippen LogP) is 2.97. The van der Waals surface area contributed by atoms with Crippen LogP contribution in [0.4, 0.5) is 0 Å². The highest BCUT2D eigenvalue weighted by molar-refractivity contribution is 5.88. The van der Waals surface area contributed by atoms with E-state index in [0.717, 1.165) is 45.2 Å². The summed E-state index contributed by atoms with van der Waals surface area (Å²) in [6, 6.07) is 14.5. The summed E-state index contributed by atoms with van der Waals surface area (Å²) in [5.41, 5.74) is 0. The second-order valence-corrected chi connectivity index (χ2v) is 4.78. The molecule has 0 amide bonds. The van der Waals surface area contributed by atoms with Crippen molar-refractivity contribution in [3.63, 3.8) is 0 Å². The van der Waals surface area contributed by atoms with Crippen LogP contribution in [0.25, 0.3) is 10.8 Å². The molecule has 0 radical (unpaired) electrons. The van der Waals surface area contributed by atoms with E-state index < -0.39 is 0 Å². The van der Waals surface area contributed by atoms with E-state index in [0.29, 0.717) is 0 Å². The van der Waals surface area contributed by atoms with Crippen LogP contribution in [0, 0.1) is 0 Å². The van der Waals surface area contributed by atoms with Crippen molar-refractivity contribution in [3.05, 3.63) is 42.5 Å². The van der Waals surface area contributed by atoms with Gasteiger partial charge in [-0.2, -0.15) is 0 Å². The molecule has 1 heterocycles. The van der Waals surface area contributed by atoms with Gasteiger partial charge in [0.05, 0.1) is 13.2 Å². The zero-order valence-electron chi connectivity index (χ0n) is 11.5. The second-order valence-electron chi connectivity index (χ2n) is 4.78. The van der Waals surface area contributed by atoms with E-state index in [4.69, 9.17) is 9.47 Å². The van der Waals surface area contributed by atoms with Crippen LogP contribution < -0.4 is 4.74 Å². The monoisotopic (exact) mass is 293 g/mol. The first-order valence-electron chi connectivity index (χ1n) is 6.84. The standard InChI is InChI=1S/C16H19NO2.ClH/c1-2-6-15-14(4-1)5-3-7-16(15)19-13-10-17-8-11-18-12-9-17;/h1-7H,8-13H2;1H. The van der Waals surface area contributed by atoms with Crippen molar-refractivity contribution < 1.29 is 9.47 Å². The zero-order chi connectivity index (χ0) is 12.9. The van der Waals surface area contributed by atoms with E-state index in [9.17, 15) is 0 Å². The summed E-state index contributed by atoms with van der Waals surface area (Å²) < 4.78 is 11.3. The van der Waals surface area contributed by atoms with Gasteiger partial charge in [0.1, 0.15) is 12.4 Å². The molecule has 0 aliphatic carbocycles. The highest BCUT2D eigenvalue weighted by Gasteiger charge is 2.10. The maximum atomic E-state index is 5.94. The maximum Gasteiger partial charge on any atom is 0.127 e. The molecule has 0 unspecified atom stereocenters. The fourth-order valence-corrected chi connectivity index (χ4v) is 2.43. The van der Waals surface area contributed by atoms with Gasteiger partial charge in [0, 0.05) is 25.0 Å². The number of nitrogens with zero attached hydrogens (tertiary/aromatic N) is 1. The van der Waals surface area contributed by atoms with E-state index in [-0.39, 0.29) is 12.4 Å². The number of hydrogen-bond donors (Lipinski definition) is 0. The summed E-state index contributed by atoms with van der Waals surface area (Å²) in [6.07, 6.45) is 0. The van der Waals surface area contributed by atoms with Crippen molar-refractivity contribution in [2.75, 3.05) is 39.5 Å². The van der Waals surface area contributed by atoms with Gasteiger partial charge in [0.2, 0.25) is 0 Å². The van der Waals surface area contributed by atoms with Gasteiger partial charge in [0.15, 0.2) is 0 Å². The Kier molecular flexibility index (Phi) is 5.65. The highest BCUT2D eigenvalue weighted by Crippen LogP contribution is 2.24. The summed E-state index contributed by atoms with van der Waals surface area (Å²) in [7, 11) is 0. The Hall–Kier alpha value is -1.29. The Morgan fingerprint density at radius 3 is 2.60 bits per heavy atom. The topological polar surface area (TPSA) is 21.7 Å². The van der Waals surface area contributed by atoms with Crippen molar-refractivity contribution >= 4 is 23.2 Å². The van der Waals surface area contributed by atoms with E-state index >= 15 is 0 Å². The fourth-order valence-electron chi connectivity index (χ4n) is 2.43. The quantitative estimate of drug-likeness (QED) is 0.865. The van der Waals surface area contributed by atoms with E-state index in [1.165, 1.54) is 10.8 Å². The van der Waals surface area contributed by atoms with Crippen molar-refractivity contribution in [2.24, 2.45) is 0 Å². The molecular formula is C16H20ClNO2. The lowest BCUT2D eigenvalue weighted by atomic mass is 10.1. The lowest BCUT2D eigenvalue weighted by Crippen LogP contribution is -2.38. The minimum Gasteiger partial charge on any atom is -0.492 e. The first-order valence-corrected chi connectivity index (χ1v) is 6.84. The number of morpholine rings is 1. The van der Waals surface area contributed by atoms with Gasteiger partial charge >= 0.3 is 0 Å². The average molecular weight is 294 g/mol. The molecule has 1 fully saturated rings. The summed E-state index contributed by atoms with van der Waals surface area (Å²) in [4.78, 5) is 2.38.